The first kappa shape index (κ1) is 11.1. The van der Waals surface area contributed by atoms with E-state index < -0.39 is 0 Å². The van der Waals surface area contributed by atoms with E-state index in [1.165, 1.54) is 50.8 Å². The van der Waals surface area contributed by atoms with Crippen LogP contribution < -0.4 is 10.1 Å². The van der Waals surface area contributed by atoms with Crippen LogP contribution in [0, 0.1) is 5.41 Å². The molecule has 1 saturated heterocycles. The van der Waals surface area contributed by atoms with Gasteiger partial charge >= 0.3 is 0 Å². The summed E-state index contributed by atoms with van der Waals surface area (Å²) in [6.07, 6.45) is 6.54. The van der Waals surface area contributed by atoms with E-state index in [9.17, 15) is 0 Å². The molecule has 3 rings (SSSR count). The maximum atomic E-state index is 5.33. The van der Waals surface area contributed by atoms with Gasteiger partial charge in [-0.1, -0.05) is 6.07 Å². The summed E-state index contributed by atoms with van der Waals surface area (Å²) in [4.78, 5) is 0. The molecule has 0 aromatic heterocycles. The van der Waals surface area contributed by atoms with E-state index in [-0.39, 0.29) is 0 Å². The number of fused-ring (bicyclic) bond motifs is 1. The summed E-state index contributed by atoms with van der Waals surface area (Å²) >= 11 is 0. The third kappa shape index (κ3) is 2.06. The summed E-state index contributed by atoms with van der Waals surface area (Å²) < 4.78 is 5.33. The average Bonchev–Trinajstić information content (AvgIpc) is 2.54. The lowest BCUT2D eigenvalue weighted by Gasteiger charge is -2.26. The highest BCUT2D eigenvalue weighted by Crippen LogP contribution is 2.44. The number of ether oxygens (including phenoxy) is 1. The molecule has 2 heteroatoms. The van der Waals surface area contributed by atoms with Gasteiger partial charge in [-0.3, -0.25) is 0 Å². The Morgan fingerprint density at radius 3 is 2.88 bits per heavy atom. The van der Waals surface area contributed by atoms with E-state index in [2.05, 4.69) is 23.5 Å². The molecule has 1 aromatic rings. The van der Waals surface area contributed by atoms with Gasteiger partial charge in [0.05, 0.1) is 7.11 Å². The predicted molar refractivity (Wildman–Crippen MR) is 69.6 cm³/mol. The molecule has 92 valence electrons. The maximum absolute atomic E-state index is 5.33. The highest BCUT2D eigenvalue weighted by Gasteiger charge is 2.37. The van der Waals surface area contributed by atoms with Crippen LogP contribution in [-0.4, -0.2) is 20.2 Å². The van der Waals surface area contributed by atoms with Crippen LogP contribution in [0.3, 0.4) is 0 Å². The van der Waals surface area contributed by atoms with Crippen LogP contribution in [0.15, 0.2) is 18.2 Å². The fourth-order valence-electron chi connectivity index (χ4n) is 3.48. The molecule has 1 heterocycles. The molecule has 1 fully saturated rings. The molecule has 0 amide bonds. The Hall–Kier alpha value is -1.02. The molecule has 1 aliphatic heterocycles. The van der Waals surface area contributed by atoms with Crippen LogP contribution in [-0.2, 0) is 12.8 Å². The van der Waals surface area contributed by atoms with Gasteiger partial charge in [0.2, 0.25) is 0 Å². The van der Waals surface area contributed by atoms with Crippen molar-refractivity contribution in [3.63, 3.8) is 0 Å². The Bertz CT molecular complexity index is 405. The molecule has 1 aromatic carbocycles. The van der Waals surface area contributed by atoms with Crippen LogP contribution in [0.1, 0.15) is 30.4 Å². The molecule has 0 saturated carbocycles. The summed E-state index contributed by atoms with van der Waals surface area (Å²) in [5, 5.41) is 3.52. The lowest BCUT2D eigenvalue weighted by Crippen LogP contribution is -2.23. The molecule has 0 radical (unpaired) electrons. The topological polar surface area (TPSA) is 21.3 Å². The number of hydrogen-bond acceptors (Lipinski definition) is 2. The Morgan fingerprint density at radius 2 is 2.00 bits per heavy atom. The minimum atomic E-state index is 0.540. The zero-order chi connectivity index (χ0) is 11.7. The van der Waals surface area contributed by atoms with E-state index >= 15 is 0 Å². The van der Waals surface area contributed by atoms with E-state index in [1.54, 1.807) is 12.7 Å². The van der Waals surface area contributed by atoms with Gasteiger partial charge in [-0.25, -0.2) is 0 Å². The quantitative estimate of drug-likeness (QED) is 0.802. The molecular formula is C15H21NO. The van der Waals surface area contributed by atoms with Crippen molar-refractivity contribution in [2.24, 2.45) is 5.41 Å². The molecule has 1 atom stereocenters. The maximum Gasteiger partial charge on any atom is 0.119 e. The summed E-state index contributed by atoms with van der Waals surface area (Å²) in [6.45, 7) is 2.38. The van der Waals surface area contributed by atoms with Crippen molar-refractivity contribution >= 4 is 0 Å². The first-order valence-corrected chi connectivity index (χ1v) is 6.68. The Balaban J connectivity index is 1.85. The number of rotatable bonds is 1. The van der Waals surface area contributed by atoms with E-state index in [4.69, 9.17) is 4.74 Å². The standard InChI is InChI=1S/C15H21NO/c1-17-14-4-3-12-10-15(11-13(12)9-14)5-2-7-16-8-6-15/h3-4,9,16H,2,5-8,10-11H2,1H3. The van der Waals surface area contributed by atoms with Gasteiger partial charge in [0, 0.05) is 0 Å². The van der Waals surface area contributed by atoms with Gasteiger partial charge in [-0.15, -0.1) is 0 Å². The van der Waals surface area contributed by atoms with Gasteiger partial charge in [0.1, 0.15) is 5.75 Å². The molecule has 1 N–H and O–H groups in total. The molecule has 17 heavy (non-hydrogen) atoms. The van der Waals surface area contributed by atoms with Gasteiger partial charge in [0.25, 0.3) is 0 Å². The first-order valence-electron chi connectivity index (χ1n) is 6.68. The first-order chi connectivity index (χ1) is 8.31. The SMILES string of the molecule is COc1ccc2c(c1)CC1(CCCNCC1)C2. The zero-order valence-electron chi connectivity index (χ0n) is 10.6. The molecule has 1 spiro atoms. The monoisotopic (exact) mass is 231 g/mol. The molecular weight excluding hydrogens is 210 g/mol. The highest BCUT2D eigenvalue weighted by molar-refractivity contribution is 5.40. The van der Waals surface area contributed by atoms with E-state index in [1.807, 2.05) is 0 Å². The number of hydrogen-bond donors (Lipinski definition) is 1. The van der Waals surface area contributed by atoms with Crippen LogP contribution >= 0.6 is 0 Å². The Morgan fingerprint density at radius 1 is 1.12 bits per heavy atom. The van der Waals surface area contributed by atoms with Gasteiger partial charge in [-0.05, 0) is 73.9 Å². The number of methoxy groups -OCH3 is 1. The molecule has 2 aliphatic rings. The van der Waals surface area contributed by atoms with Crippen molar-refractivity contribution in [1.82, 2.24) is 5.32 Å². The number of nitrogens with one attached hydrogen (secondary N) is 1. The number of benzene rings is 1. The smallest absolute Gasteiger partial charge is 0.119 e. The second kappa shape index (κ2) is 4.34. The van der Waals surface area contributed by atoms with Crippen molar-refractivity contribution in [3.8, 4) is 5.75 Å². The highest BCUT2D eigenvalue weighted by atomic mass is 16.5. The summed E-state index contributed by atoms with van der Waals surface area (Å²) in [5.74, 6) is 1.01. The fraction of sp³-hybridized carbons (Fsp3) is 0.600. The normalized spacial score (nSPS) is 27.8. The van der Waals surface area contributed by atoms with Crippen LogP contribution in [0.25, 0.3) is 0 Å². The van der Waals surface area contributed by atoms with Crippen molar-refractivity contribution < 1.29 is 4.74 Å². The lowest BCUT2D eigenvalue weighted by atomic mass is 9.78. The third-order valence-electron chi connectivity index (χ3n) is 4.44. The van der Waals surface area contributed by atoms with Crippen molar-refractivity contribution in [2.75, 3.05) is 20.2 Å². The molecule has 1 unspecified atom stereocenters. The minimum Gasteiger partial charge on any atom is -0.497 e. The average molecular weight is 231 g/mol. The molecule has 1 aliphatic carbocycles. The summed E-state index contributed by atoms with van der Waals surface area (Å²) in [6, 6.07) is 6.61. The predicted octanol–water partition coefficient (Wildman–Crippen LogP) is 2.55. The lowest BCUT2D eigenvalue weighted by molar-refractivity contribution is 0.268. The van der Waals surface area contributed by atoms with Crippen LogP contribution in [0.4, 0.5) is 0 Å². The largest absolute Gasteiger partial charge is 0.497 e. The zero-order valence-corrected chi connectivity index (χ0v) is 10.6. The van der Waals surface area contributed by atoms with Crippen LogP contribution in [0.2, 0.25) is 0 Å². The second-order valence-electron chi connectivity index (χ2n) is 5.59. The Labute approximate surface area is 103 Å². The van der Waals surface area contributed by atoms with Crippen molar-refractivity contribution in [2.45, 2.75) is 32.1 Å². The van der Waals surface area contributed by atoms with Gasteiger partial charge in [-0.2, -0.15) is 0 Å². The Kier molecular flexibility index (Phi) is 2.83. The van der Waals surface area contributed by atoms with E-state index in [0.29, 0.717) is 5.41 Å². The van der Waals surface area contributed by atoms with Gasteiger partial charge in [0.15, 0.2) is 0 Å². The summed E-state index contributed by atoms with van der Waals surface area (Å²) in [7, 11) is 1.75. The van der Waals surface area contributed by atoms with E-state index in [0.717, 1.165) is 5.75 Å². The fourth-order valence-corrected chi connectivity index (χ4v) is 3.48. The minimum absolute atomic E-state index is 0.540. The molecule has 2 nitrogen and oxygen atoms in total. The summed E-state index contributed by atoms with van der Waals surface area (Å²) in [5.41, 5.74) is 3.61. The molecule has 0 bridgehead atoms. The van der Waals surface area contributed by atoms with Crippen molar-refractivity contribution in [1.29, 1.82) is 0 Å². The van der Waals surface area contributed by atoms with Crippen molar-refractivity contribution in [3.05, 3.63) is 29.3 Å². The third-order valence-corrected chi connectivity index (χ3v) is 4.44. The van der Waals surface area contributed by atoms with Gasteiger partial charge < -0.3 is 10.1 Å². The second-order valence-corrected chi connectivity index (χ2v) is 5.59. The van der Waals surface area contributed by atoms with Crippen LogP contribution in [0.5, 0.6) is 5.75 Å².